The van der Waals surface area contributed by atoms with Crippen molar-refractivity contribution in [2.45, 2.75) is 42.5 Å². The van der Waals surface area contributed by atoms with Crippen molar-refractivity contribution in [3.8, 4) is 22.8 Å². The summed E-state index contributed by atoms with van der Waals surface area (Å²) in [5.41, 5.74) is 3.93. The number of nitrogens with one attached hydrogen (secondary N) is 2. The zero-order valence-corrected chi connectivity index (χ0v) is 31.0. The van der Waals surface area contributed by atoms with Crippen molar-refractivity contribution in [2.24, 2.45) is 12.9 Å². The molecule has 0 radical (unpaired) electrons. The molecule has 3 aromatic heterocycles. The fraction of sp³-hybridized carbons (Fsp3) is 0.225. The van der Waals surface area contributed by atoms with Crippen molar-refractivity contribution in [1.82, 2.24) is 34.5 Å². The van der Waals surface area contributed by atoms with Crippen LogP contribution in [0.1, 0.15) is 52.9 Å². The standard InChI is InChI=1S/C26H25N9O3.C8H10N2.C2H4O2.C2H6.2CH4/c1-4-38-25(36)20-14-27-26(30-17-13-29-35(15-17)18-9-6-5-7-10-18)32-24(20)31-21-12-8-11-19(22(21)37-3)23-28-16-34(2)33-23;1-2-10(9)8-6-4-3-5-7-8;1-2(3)4;1-2;;/h5-16H,4H2,1-3H3,(H2,27,30,31,32);2-7H,1,9H2;1H3,(H,3,4);1-2H3;2*1H4. The Labute approximate surface area is 328 Å². The number of methoxy groups -OCH3 is 1. The summed E-state index contributed by atoms with van der Waals surface area (Å²) >= 11 is 0. The number of nitrogens with two attached hydrogens (primary N) is 1. The molecule has 0 unspecified atom stereocenters. The van der Waals surface area contributed by atoms with Gasteiger partial charge in [0.1, 0.15) is 11.9 Å². The molecule has 6 rings (SSSR count). The van der Waals surface area contributed by atoms with E-state index in [-0.39, 0.29) is 38.8 Å². The van der Waals surface area contributed by atoms with Gasteiger partial charge in [0.15, 0.2) is 17.4 Å². The second-order valence-electron chi connectivity index (χ2n) is 10.5. The van der Waals surface area contributed by atoms with E-state index in [9.17, 15) is 4.79 Å². The Morgan fingerprint density at radius 3 is 2.18 bits per heavy atom. The molecule has 16 heteroatoms. The average Bonchev–Trinajstić information content (AvgIpc) is 3.85. The summed E-state index contributed by atoms with van der Waals surface area (Å²) in [5.74, 6) is 5.61. The molecule has 0 atom stereocenters. The van der Waals surface area contributed by atoms with Crippen molar-refractivity contribution >= 4 is 40.8 Å². The number of para-hydroxylation sites is 3. The number of carboxylic acid groups (broad SMARTS) is 1. The summed E-state index contributed by atoms with van der Waals surface area (Å²) in [4.78, 5) is 34.9. The fourth-order valence-corrected chi connectivity index (χ4v) is 4.46. The molecule has 3 aromatic carbocycles. The highest BCUT2D eigenvalue weighted by molar-refractivity contribution is 5.96. The van der Waals surface area contributed by atoms with Crippen LogP contribution in [-0.2, 0) is 16.6 Å². The van der Waals surface area contributed by atoms with Crippen molar-refractivity contribution in [3.63, 3.8) is 0 Å². The van der Waals surface area contributed by atoms with E-state index < -0.39 is 11.9 Å². The number of carbonyl (C=O) groups is 2. The molecule has 0 saturated heterocycles. The van der Waals surface area contributed by atoms with Crippen LogP contribution in [0.3, 0.4) is 0 Å². The van der Waals surface area contributed by atoms with E-state index >= 15 is 0 Å². The second kappa shape index (κ2) is 24.3. The first kappa shape index (κ1) is 47.0. The maximum atomic E-state index is 12.7. The lowest BCUT2D eigenvalue weighted by atomic mass is 10.1. The number of aromatic nitrogens is 7. The van der Waals surface area contributed by atoms with Crippen LogP contribution in [0, 0.1) is 0 Å². The van der Waals surface area contributed by atoms with Crippen LogP contribution < -0.4 is 26.2 Å². The number of ether oxygens (including phenoxy) is 2. The number of aliphatic carboxylic acids is 1. The van der Waals surface area contributed by atoms with Gasteiger partial charge in [-0.15, -0.1) is 0 Å². The maximum Gasteiger partial charge on any atom is 0.343 e. The van der Waals surface area contributed by atoms with Crippen LogP contribution in [0.2, 0.25) is 0 Å². The average molecular weight is 768 g/mol. The lowest BCUT2D eigenvalue weighted by Crippen LogP contribution is -2.23. The minimum absolute atomic E-state index is 0. The topological polar surface area (TPSA) is 200 Å². The van der Waals surface area contributed by atoms with E-state index in [1.54, 1.807) is 55.2 Å². The number of aryl methyl sites for hydroxylation is 1. The largest absolute Gasteiger partial charge is 0.494 e. The molecule has 0 aliphatic heterocycles. The molecule has 5 N–H and O–H groups in total. The minimum Gasteiger partial charge on any atom is -0.494 e. The maximum absolute atomic E-state index is 12.7. The van der Waals surface area contributed by atoms with Gasteiger partial charge in [0, 0.05) is 26.4 Å². The van der Waals surface area contributed by atoms with E-state index in [2.05, 4.69) is 42.4 Å². The first-order valence-corrected chi connectivity index (χ1v) is 16.8. The van der Waals surface area contributed by atoms with Gasteiger partial charge in [-0.25, -0.2) is 25.3 Å². The van der Waals surface area contributed by atoms with Crippen LogP contribution in [0.5, 0.6) is 5.75 Å². The highest BCUT2D eigenvalue weighted by Crippen LogP contribution is 2.37. The summed E-state index contributed by atoms with van der Waals surface area (Å²) in [7, 11) is 3.34. The third kappa shape index (κ3) is 13.7. The third-order valence-electron chi connectivity index (χ3n) is 6.71. The highest BCUT2D eigenvalue weighted by atomic mass is 16.5. The van der Waals surface area contributed by atoms with Gasteiger partial charge in [0.2, 0.25) is 5.95 Å². The zero-order valence-electron chi connectivity index (χ0n) is 31.0. The summed E-state index contributed by atoms with van der Waals surface area (Å²) in [6, 6.07) is 24.8. The van der Waals surface area contributed by atoms with Crippen LogP contribution in [0.15, 0.2) is 117 Å². The number of carboxylic acids is 1. The quantitative estimate of drug-likeness (QED) is 0.0561. The number of carbonyl (C=O) groups excluding carboxylic acids is 1. The summed E-state index contributed by atoms with van der Waals surface area (Å²) in [6.45, 7) is 10.6. The van der Waals surface area contributed by atoms with Gasteiger partial charge in [-0.2, -0.15) is 15.2 Å². The SMILES string of the molecule is C.C.C=CN(N)c1ccccc1.CC.CC(=O)O.CCOC(=O)c1cnc(Nc2cnn(-c3ccccc3)c2)nc1Nc1cccc(-c2ncn(C)n2)c1OC. The molecule has 56 heavy (non-hydrogen) atoms. The van der Waals surface area contributed by atoms with Gasteiger partial charge in [-0.05, 0) is 43.3 Å². The first-order chi connectivity index (χ1) is 26.1. The molecule has 0 spiro atoms. The Morgan fingerprint density at radius 1 is 0.964 bits per heavy atom. The molecule has 3 heterocycles. The molecule has 16 nitrogen and oxygen atoms in total. The molecule has 298 valence electrons. The predicted molar refractivity (Wildman–Crippen MR) is 223 cm³/mol. The number of benzene rings is 3. The lowest BCUT2D eigenvalue weighted by Gasteiger charge is -2.16. The molecular weight excluding hydrogens is 715 g/mol. The van der Waals surface area contributed by atoms with Crippen molar-refractivity contribution in [1.29, 1.82) is 0 Å². The summed E-state index contributed by atoms with van der Waals surface area (Å²) in [6.07, 6.45) is 8.06. The minimum atomic E-state index is -0.833. The molecule has 0 fully saturated rings. The van der Waals surface area contributed by atoms with Crippen molar-refractivity contribution < 1.29 is 24.2 Å². The number of hydrogen-bond donors (Lipinski definition) is 4. The Hall–Kier alpha value is -7.07. The van der Waals surface area contributed by atoms with Crippen molar-refractivity contribution in [3.05, 3.63) is 122 Å². The van der Waals surface area contributed by atoms with E-state index in [1.807, 2.05) is 92.8 Å². The van der Waals surface area contributed by atoms with Crippen LogP contribution in [-0.4, -0.2) is 65.3 Å². The van der Waals surface area contributed by atoms with Gasteiger partial charge < -0.3 is 25.2 Å². The molecule has 6 aromatic rings. The predicted octanol–water partition coefficient (Wildman–Crippen LogP) is 8.03. The highest BCUT2D eigenvalue weighted by Gasteiger charge is 2.20. The van der Waals surface area contributed by atoms with E-state index in [4.69, 9.17) is 25.2 Å². The Bertz CT molecular complexity index is 2070. The number of nitrogens with zero attached hydrogens (tertiary/aromatic N) is 8. The summed E-state index contributed by atoms with van der Waals surface area (Å²) < 4.78 is 14.3. The number of esters is 1. The smallest absolute Gasteiger partial charge is 0.343 e. The number of anilines is 5. The second-order valence-corrected chi connectivity index (χ2v) is 10.5. The lowest BCUT2D eigenvalue weighted by molar-refractivity contribution is -0.134. The Morgan fingerprint density at radius 2 is 1.61 bits per heavy atom. The third-order valence-corrected chi connectivity index (χ3v) is 6.71. The zero-order chi connectivity index (χ0) is 39.5. The van der Waals surface area contributed by atoms with Gasteiger partial charge >= 0.3 is 5.97 Å². The molecule has 0 amide bonds. The number of hydrazine groups is 1. The number of hydrogen-bond acceptors (Lipinski definition) is 13. The molecule has 0 saturated carbocycles. The number of rotatable bonds is 11. The van der Waals surface area contributed by atoms with E-state index in [0.29, 0.717) is 28.5 Å². The Balaban J connectivity index is 0.000000736. The van der Waals surface area contributed by atoms with Crippen LogP contribution >= 0.6 is 0 Å². The summed E-state index contributed by atoms with van der Waals surface area (Å²) in [5, 5.41) is 24.0. The normalized spacial score (nSPS) is 9.41. The molecular formula is C40H53N11O5. The van der Waals surface area contributed by atoms with E-state index in [1.165, 1.54) is 11.2 Å². The van der Waals surface area contributed by atoms with Gasteiger partial charge in [0.05, 0.1) is 54.4 Å². The van der Waals surface area contributed by atoms with Crippen LogP contribution in [0.25, 0.3) is 17.1 Å². The van der Waals surface area contributed by atoms with Gasteiger partial charge in [-0.1, -0.05) is 77.7 Å². The molecule has 0 aliphatic carbocycles. The van der Waals surface area contributed by atoms with Gasteiger partial charge in [0.25, 0.3) is 5.97 Å². The van der Waals surface area contributed by atoms with Gasteiger partial charge in [-0.3, -0.25) is 14.5 Å². The first-order valence-electron chi connectivity index (χ1n) is 16.8. The fourth-order valence-electron chi connectivity index (χ4n) is 4.46. The van der Waals surface area contributed by atoms with Crippen LogP contribution in [0.4, 0.5) is 28.8 Å². The monoisotopic (exact) mass is 767 g/mol. The van der Waals surface area contributed by atoms with Crippen molar-refractivity contribution in [2.75, 3.05) is 29.4 Å². The van der Waals surface area contributed by atoms with E-state index in [0.717, 1.165) is 18.3 Å². The molecule has 0 bridgehead atoms. The Kier molecular flexibility index (Phi) is 20.4. The molecule has 0 aliphatic rings.